The third-order valence-corrected chi connectivity index (χ3v) is 4.39. The van der Waals surface area contributed by atoms with Gasteiger partial charge in [-0.2, -0.15) is 0 Å². The highest BCUT2D eigenvalue weighted by molar-refractivity contribution is 6.30. The van der Waals surface area contributed by atoms with E-state index < -0.39 is 6.04 Å². The minimum atomic E-state index is -0.590. The molecular weight excluding hydrogens is 352 g/mol. The molecule has 6 nitrogen and oxygen atoms in total. The summed E-state index contributed by atoms with van der Waals surface area (Å²) in [5, 5.41) is 6.27. The molecule has 7 heteroatoms. The van der Waals surface area contributed by atoms with Crippen LogP contribution in [-0.4, -0.2) is 34.0 Å². The monoisotopic (exact) mass is 376 g/mol. The number of carbonyl (C=O) groups excluding carboxylic acids is 2. The quantitative estimate of drug-likeness (QED) is 0.695. The highest BCUT2D eigenvalue weighted by Gasteiger charge is 2.24. The topological polar surface area (TPSA) is 76.0 Å². The molecule has 2 amide bonds. The summed E-state index contributed by atoms with van der Waals surface area (Å²) in [6, 6.07) is 5.99. The van der Waals surface area contributed by atoms with E-state index in [1.165, 1.54) is 0 Å². The molecule has 1 aromatic carbocycles. The molecule has 2 aromatic rings. The first-order valence-electron chi connectivity index (χ1n) is 8.70. The Kier molecular flexibility index (Phi) is 7.21. The number of amides is 2. The molecule has 0 radical (unpaired) electrons. The third-order valence-electron chi connectivity index (χ3n) is 4.14. The van der Waals surface area contributed by atoms with Gasteiger partial charge in [0, 0.05) is 36.1 Å². The van der Waals surface area contributed by atoms with E-state index in [0.29, 0.717) is 17.1 Å². The Labute approximate surface area is 159 Å². The van der Waals surface area contributed by atoms with Crippen LogP contribution >= 0.6 is 11.6 Å². The number of aromatic nitrogens is 2. The maximum atomic E-state index is 12.5. The lowest BCUT2D eigenvalue weighted by atomic mass is 10.0. The molecule has 26 heavy (non-hydrogen) atoms. The molecule has 2 rings (SSSR count). The molecule has 1 unspecified atom stereocenters. The second-order valence-corrected chi connectivity index (χ2v) is 6.95. The average molecular weight is 377 g/mol. The highest BCUT2D eigenvalue weighted by Crippen LogP contribution is 2.10. The summed E-state index contributed by atoms with van der Waals surface area (Å²) in [7, 11) is 0. The zero-order chi connectivity index (χ0) is 19.1. The second-order valence-electron chi connectivity index (χ2n) is 6.51. The number of halogens is 1. The van der Waals surface area contributed by atoms with E-state index in [-0.39, 0.29) is 17.7 Å². The molecule has 1 aromatic heterocycles. The summed E-state index contributed by atoms with van der Waals surface area (Å²) >= 11 is 5.84. The van der Waals surface area contributed by atoms with Crippen molar-refractivity contribution in [3.05, 3.63) is 53.1 Å². The number of imidazole rings is 1. The Morgan fingerprint density at radius 1 is 1.23 bits per heavy atom. The Bertz CT molecular complexity index is 740. The number of nitrogens with one attached hydrogen (secondary N) is 2. The number of rotatable bonds is 8. The predicted molar refractivity (Wildman–Crippen MR) is 102 cm³/mol. The Morgan fingerprint density at radius 3 is 2.50 bits per heavy atom. The smallest absolute Gasteiger partial charge is 0.251 e. The largest absolute Gasteiger partial charge is 0.354 e. The molecule has 0 fully saturated rings. The van der Waals surface area contributed by atoms with Gasteiger partial charge in [0.15, 0.2) is 0 Å². The molecular formula is C19H25ClN4O2. The van der Waals surface area contributed by atoms with Gasteiger partial charge in [0.05, 0.1) is 0 Å². The number of hydrogen-bond acceptors (Lipinski definition) is 3. The average Bonchev–Trinajstić information content (AvgIpc) is 3.01. The van der Waals surface area contributed by atoms with Crippen LogP contribution in [0.25, 0.3) is 0 Å². The predicted octanol–water partition coefficient (Wildman–Crippen LogP) is 2.81. The molecule has 1 atom stereocenters. The zero-order valence-corrected chi connectivity index (χ0v) is 16.1. The van der Waals surface area contributed by atoms with Gasteiger partial charge in [-0.1, -0.05) is 25.4 Å². The number of benzene rings is 1. The van der Waals surface area contributed by atoms with Gasteiger partial charge < -0.3 is 15.2 Å². The lowest BCUT2D eigenvalue weighted by Gasteiger charge is -2.22. The van der Waals surface area contributed by atoms with Crippen molar-refractivity contribution in [2.24, 2.45) is 5.92 Å². The normalized spacial score (nSPS) is 12.0. The lowest BCUT2D eigenvalue weighted by Crippen LogP contribution is -2.49. The van der Waals surface area contributed by atoms with Crippen molar-refractivity contribution < 1.29 is 9.59 Å². The van der Waals surface area contributed by atoms with Gasteiger partial charge in [-0.15, -0.1) is 0 Å². The maximum Gasteiger partial charge on any atom is 0.251 e. The van der Waals surface area contributed by atoms with Crippen LogP contribution in [0.1, 0.15) is 36.5 Å². The van der Waals surface area contributed by atoms with Crippen LogP contribution in [-0.2, 0) is 11.3 Å². The van der Waals surface area contributed by atoms with Crippen LogP contribution in [0.15, 0.2) is 36.7 Å². The lowest BCUT2D eigenvalue weighted by molar-refractivity contribution is -0.123. The Balaban J connectivity index is 1.85. The molecule has 0 aliphatic heterocycles. The van der Waals surface area contributed by atoms with Crippen LogP contribution < -0.4 is 10.6 Å². The van der Waals surface area contributed by atoms with Crippen molar-refractivity contribution >= 4 is 23.4 Å². The maximum absolute atomic E-state index is 12.5. The minimum absolute atomic E-state index is 0.0258. The number of hydrogen-bond donors (Lipinski definition) is 2. The van der Waals surface area contributed by atoms with Crippen molar-refractivity contribution in [3.8, 4) is 0 Å². The number of aryl methyl sites for hydroxylation is 2. The minimum Gasteiger partial charge on any atom is -0.354 e. The van der Waals surface area contributed by atoms with Crippen LogP contribution in [0, 0.1) is 12.8 Å². The van der Waals surface area contributed by atoms with Gasteiger partial charge >= 0.3 is 0 Å². The molecule has 0 bridgehead atoms. The summed E-state index contributed by atoms with van der Waals surface area (Å²) in [5.74, 6) is 0.461. The molecule has 0 spiro atoms. The SMILES string of the molecule is Cc1nccn1CCCNC(=O)C(NC(=O)c1ccc(Cl)cc1)C(C)C. The van der Waals surface area contributed by atoms with Gasteiger partial charge in [-0.3, -0.25) is 9.59 Å². The number of carbonyl (C=O) groups is 2. The third kappa shape index (κ3) is 5.59. The molecule has 0 aliphatic carbocycles. The van der Waals surface area contributed by atoms with Gasteiger partial charge in [-0.25, -0.2) is 4.98 Å². The first-order chi connectivity index (χ1) is 12.4. The summed E-state index contributed by atoms with van der Waals surface area (Å²) in [6.07, 6.45) is 4.47. The van der Waals surface area contributed by atoms with E-state index in [1.807, 2.05) is 31.5 Å². The fourth-order valence-corrected chi connectivity index (χ4v) is 2.70. The van der Waals surface area contributed by atoms with E-state index in [0.717, 1.165) is 18.8 Å². The molecule has 0 saturated carbocycles. The summed E-state index contributed by atoms with van der Waals surface area (Å²) < 4.78 is 2.04. The first-order valence-corrected chi connectivity index (χ1v) is 9.08. The van der Waals surface area contributed by atoms with E-state index >= 15 is 0 Å². The summed E-state index contributed by atoms with van der Waals surface area (Å²) in [5.41, 5.74) is 0.475. The Morgan fingerprint density at radius 2 is 1.92 bits per heavy atom. The van der Waals surface area contributed by atoms with Crippen molar-refractivity contribution in [1.29, 1.82) is 0 Å². The second kappa shape index (κ2) is 9.38. The van der Waals surface area contributed by atoms with Crippen molar-refractivity contribution in [3.63, 3.8) is 0 Å². The molecule has 0 aliphatic rings. The fourth-order valence-electron chi connectivity index (χ4n) is 2.57. The van der Waals surface area contributed by atoms with Gasteiger partial charge in [0.1, 0.15) is 11.9 Å². The number of nitrogens with zero attached hydrogens (tertiary/aromatic N) is 2. The van der Waals surface area contributed by atoms with Crippen LogP contribution in [0.5, 0.6) is 0 Å². The summed E-state index contributed by atoms with van der Waals surface area (Å²) in [4.78, 5) is 29.0. The van der Waals surface area contributed by atoms with E-state index in [1.54, 1.807) is 30.5 Å². The van der Waals surface area contributed by atoms with Gasteiger partial charge in [0.25, 0.3) is 5.91 Å². The van der Waals surface area contributed by atoms with Crippen LogP contribution in [0.3, 0.4) is 0 Å². The van der Waals surface area contributed by atoms with Gasteiger partial charge in [-0.05, 0) is 43.5 Å². The summed E-state index contributed by atoms with van der Waals surface area (Å²) in [6.45, 7) is 7.08. The van der Waals surface area contributed by atoms with E-state index in [9.17, 15) is 9.59 Å². The molecule has 0 saturated heterocycles. The molecule has 2 N–H and O–H groups in total. The van der Waals surface area contributed by atoms with Crippen LogP contribution in [0.4, 0.5) is 0 Å². The van der Waals surface area contributed by atoms with E-state index in [4.69, 9.17) is 11.6 Å². The van der Waals surface area contributed by atoms with Crippen molar-refractivity contribution in [2.75, 3.05) is 6.54 Å². The van der Waals surface area contributed by atoms with Gasteiger partial charge in [0.2, 0.25) is 5.91 Å². The van der Waals surface area contributed by atoms with Crippen LogP contribution in [0.2, 0.25) is 5.02 Å². The highest BCUT2D eigenvalue weighted by atomic mass is 35.5. The zero-order valence-electron chi connectivity index (χ0n) is 15.3. The van der Waals surface area contributed by atoms with Crippen molar-refractivity contribution in [2.45, 2.75) is 39.8 Å². The fraction of sp³-hybridized carbons (Fsp3) is 0.421. The van der Waals surface area contributed by atoms with Crippen molar-refractivity contribution in [1.82, 2.24) is 20.2 Å². The standard InChI is InChI=1S/C19H25ClN4O2/c1-13(2)17(23-18(25)15-5-7-16(20)8-6-15)19(26)22-9-4-11-24-12-10-21-14(24)3/h5-8,10,12-13,17H,4,9,11H2,1-3H3,(H,22,26)(H,23,25). The first kappa shape index (κ1) is 20.0. The molecule has 1 heterocycles. The van der Waals surface area contributed by atoms with E-state index in [2.05, 4.69) is 15.6 Å². The molecule has 140 valence electrons. The Hall–Kier alpha value is -2.34.